The van der Waals surface area contributed by atoms with Gasteiger partial charge in [-0.25, -0.2) is 0 Å². The zero-order chi connectivity index (χ0) is 22.0. The number of rotatable bonds is 6. The summed E-state index contributed by atoms with van der Waals surface area (Å²) in [5.41, 5.74) is 2.53. The van der Waals surface area contributed by atoms with E-state index < -0.39 is 17.7 Å². The number of amides is 1. The summed E-state index contributed by atoms with van der Waals surface area (Å²) in [7, 11) is 1.56. The van der Waals surface area contributed by atoms with Gasteiger partial charge in [-0.3, -0.25) is 9.59 Å². The summed E-state index contributed by atoms with van der Waals surface area (Å²) in [5.74, 6) is -0.812. The molecule has 31 heavy (non-hydrogen) atoms. The molecule has 162 valence electrons. The van der Waals surface area contributed by atoms with Crippen molar-refractivity contribution in [3.63, 3.8) is 0 Å². The number of nitrogens with zero attached hydrogens (tertiary/aromatic N) is 1. The zero-order valence-corrected chi connectivity index (χ0v) is 17.8. The lowest BCUT2D eigenvalue weighted by atomic mass is 9.94. The lowest BCUT2D eigenvalue weighted by Gasteiger charge is -2.27. The van der Waals surface area contributed by atoms with Gasteiger partial charge in [-0.05, 0) is 54.7 Å². The number of ether oxygens (including phenoxy) is 2. The molecule has 1 amide bonds. The van der Waals surface area contributed by atoms with Gasteiger partial charge in [-0.2, -0.15) is 0 Å². The quantitative estimate of drug-likeness (QED) is 0.436. The van der Waals surface area contributed by atoms with Gasteiger partial charge in [0.25, 0.3) is 11.7 Å². The van der Waals surface area contributed by atoms with Crippen molar-refractivity contribution in [2.24, 2.45) is 0 Å². The Morgan fingerprint density at radius 2 is 1.84 bits per heavy atom. The minimum Gasteiger partial charge on any atom is -0.507 e. The van der Waals surface area contributed by atoms with Crippen molar-refractivity contribution in [1.82, 2.24) is 4.90 Å². The highest BCUT2D eigenvalue weighted by Gasteiger charge is 2.47. The number of likely N-dealkylation sites (tertiary alicyclic amines) is 1. The van der Waals surface area contributed by atoms with Gasteiger partial charge in [0.15, 0.2) is 0 Å². The minimum absolute atomic E-state index is 0.100. The van der Waals surface area contributed by atoms with Crippen LogP contribution in [0.2, 0.25) is 0 Å². The molecule has 0 bridgehead atoms. The van der Waals surface area contributed by atoms with E-state index in [1.165, 1.54) is 0 Å². The highest BCUT2D eigenvalue weighted by Crippen LogP contribution is 2.40. The molecule has 0 radical (unpaired) electrons. The fourth-order valence-electron chi connectivity index (χ4n) is 4.26. The number of hydrogen-bond acceptors (Lipinski definition) is 5. The summed E-state index contributed by atoms with van der Waals surface area (Å²) < 4.78 is 10.9. The maximum Gasteiger partial charge on any atom is 0.295 e. The summed E-state index contributed by atoms with van der Waals surface area (Å²) in [6, 6.07) is 14.0. The van der Waals surface area contributed by atoms with Crippen LogP contribution in [0.5, 0.6) is 5.75 Å². The third kappa shape index (κ3) is 4.08. The van der Waals surface area contributed by atoms with E-state index in [4.69, 9.17) is 9.47 Å². The van der Waals surface area contributed by atoms with Crippen LogP contribution in [0, 0.1) is 0 Å². The van der Waals surface area contributed by atoms with Crippen molar-refractivity contribution in [3.05, 3.63) is 70.8 Å². The molecular formula is C25H27NO5. The number of hydrogen-bond donors (Lipinski definition) is 1. The van der Waals surface area contributed by atoms with Crippen molar-refractivity contribution in [2.75, 3.05) is 20.3 Å². The van der Waals surface area contributed by atoms with Crippen LogP contribution in [0.1, 0.15) is 42.5 Å². The molecule has 6 nitrogen and oxygen atoms in total. The fourth-order valence-corrected chi connectivity index (χ4v) is 4.26. The topological polar surface area (TPSA) is 76.1 Å². The molecule has 0 spiro atoms. The van der Waals surface area contributed by atoms with Crippen molar-refractivity contribution < 1.29 is 24.2 Å². The van der Waals surface area contributed by atoms with Crippen LogP contribution in [0.4, 0.5) is 0 Å². The lowest BCUT2D eigenvalue weighted by molar-refractivity contribution is -0.140. The second-order valence-corrected chi connectivity index (χ2v) is 7.91. The van der Waals surface area contributed by atoms with Gasteiger partial charge in [-0.15, -0.1) is 0 Å². The Hall–Kier alpha value is -3.12. The Labute approximate surface area is 182 Å². The number of methoxy groups -OCH3 is 1. The molecule has 2 atom stereocenters. The molecule has 2 aliphatic heterocycles. The third-order valence-electron chi connectivity index (χ3n) is 6.03. The first-order chi connectivity index (χ1) is 15.0. The van der Waals surface area contributed by atoms with Gasteiger partial charge >= 0.3 is 0 Å². The Morgan fingerprint density at radius 1 is 1.13 bits per heavy atom. The van der Waals surface area contributed by atoms with E-state index in [0.717, 1.165) is 30.4 Å². The van der Waals surface area contributed by atoms with E-state index >= 15 is 0 Å². The van der Waals surface area contributed by atoms with E-state index in [2.05, 4.69) is 6.92 Å². The molecule has 0 aromatic heterocycles. The molecule has 2 aromatic carbocycles. The molecule has 1 N–H and O–H groups in total. The highest BCUT2D eigenvalue weighted by molar-refractivity contribution is 6.46. The predicted octanol–water partition coefficient (Wildman–Crippen LogP) is 3.86. The number of aryl methyl sites for hydroxylation is 1. The van der Waals surface area contributed by atoms with Crippen LogP contribution in [0.3, 0.4) is 0 Å². The normalized spacial score (nSPS) is 22.8. The number of carbonyl (C=O) groups excluding carboxylic acids is 2. The van der Waals surface area contributed by atoms with Crippen LogP contribution in [-0.4, -0.2) is 48.1 Å². The van der Waals surface area contributed by atoms with E-state index in [-0.39, 0.29) is 17.4 Å². The van der Waals surface area contributed by atoms with Crippen LogP contribution in [0.15, 0.2) is 54.1 Å². The standard InChI is InChI=1S/C25H27NO5/c1-3-16-6-8-17(9-7-16)22-21(23(27)18-10-12-19(30-2)13-11-18)24(28)25(29)26(22)15-20-5-4-14-31-20/h6-13,20,22,27H,3-5,14-15H2,1-2H3/b23-21+/t20-,22-/m0/s1. The van der Waals surface area contributed by atoms with Gasteiger partial charge in [0.1, 0.15) is 11.5 Å². The maximum absolute atomic E-state index is 13.1. The Kier molecular flexibility index (Phi) is 6.09. The lowest BCUT2D eigenvalue weighted by Crippen LogP contribution is -2.36. The number of ketones is 1. The van der Waals surface area contributed by atoms with E-state index in [0.29, 0.717) is 24.5 Å². The molecule has 2 heterocycles. The maximum atomic E-state index is 13.1. The summed E-state index contributed by atoms with van der Waals surface area (Å²) in [6.07, 6.45) is 2.58. The number of benzene rings is 2. The summed E-state index contributed by atoms with van der Waals surface area (Å²) in [5, 5.41) is 11.1. The summed E-state index contributed by atoms with van der Waals surface area (Å²) in [6.45, 7) is 3.06. The van der Waals surface area contributed by atoms with Gasteiger partial charge in [0, 0.05) is 18.7 Å². The third-order valence-corrected chi connectivity index (χ3v) is 6.03. The zero-order valence-electron chi connectivity index (χ0n) is 17.8. The molecule has 2 aromatic rings. The van der Waals surface area contributed by atoms with Crippen molar-refractivity contribution >= 4 is 17.4 Å². The second kappa shape index (κ2) is 8.94. The van der Waals surface area contributed by atoms with Crippen molar-refractivity contribution in [1.29, 1.82) is 0 Å². The van der Waals surface area contributed by atoms with Gasteiger partial charge in [0.05, 0.1) is 24.8 Å². The molecule has 0 unspecified atom stereocenters. The molecule has 0 saturated carbocycles. The number of carbonyl (C=O) groups is 2. The number of aliphatic hydroxyl groups is 1. The van der Waals surface area contributed by atoms with Crippen LogP contribution in [0.25, 0.3) is 5.76 Å². The van der Waals surface area contributed by atoms with Crippen LogP contribution < -0.4 is 4.74 Å². The van der Waals surface area contributed by atoms with Crippen LogP contribution >= 0.6 is 0 Å². The van der Waals surface area contributed by atoms with Gasteiger partial charge < -0.3 is 19.5 Å². The first-order valence-electron chi connectivity index (χ1n) is 10.7. The Bertz CT molecular complexity index is 988. The van der Waals surface area contributed by atoms with Gasteiger partial charge in [0.2, 0.25) is 0 Å². The van der Waals surface area contributed by atoms with E-state index in [1.54, 1.807) is 36.3 Å². The van der Waals surface area contributed by atoms with Crippen molar-refractivity contribution in [3.8, 4) is 5.75 Å². The highest BCUT2D eigenvalue weighted by atomic mass is 16.5. The average Bonchev–Trinajstić information content (AvgIpc) is 3.41. The fraction of sp³-hybridized carbons (Fsp3) is 0.360. The summed E-state index contributed by atoms with van der Waals surface area (Å²) in [4.78, 5) is 27.6. The monoisotopic (exact) mass is 421 g/mol. The van der Waals surface area contributed by atoms with Crippen molar-refractivity contribution in [2.45, 2.75) is 38.3 Å². The SMILES string of the molecule is CCc1ccc([C@H]2/C(=C(\O)c3ccc(OC)cc3)C(=O)C(=O)N2C[C@@H]2CCCO2)cc1. The summed E-state index contributed by atoms with van der Waals surface area (Å²) >= 11 is 0. The average molecular weight is 421 g/mol. The Balaban J connectivity index is 1.79. The largest absolute Gasteiger partial charge is 0.507 e. The number of aliphatic hydroxyl groups excluding tert-OH is 1. The molecule has 2 saturated heterocycles. The Morgan fingerprint density at radius 3 is 2.42 bits per heavy atom. The molecule has 4 rings (SSSR count). The van der Waals surface area contributed by atoms with Crippen LogP contribution in [-0.2, 0) is 20.7 Å². The first-order valence-corrected chi connectivity index (χ1v) is 10.7. The predicted molar refractivity (Wildman–Crippen MR) is 117 cm³/mol. The minimum atomic E-state index is -0.670. The van der Waals surface area contributed by atoms with E-state index in [9.17, 15) is 14.7 Å². The van der Waals surface area contributed by atoms with E-state index in [1.807, 2.05) is 24.3 Å². The molecule has 2 fully saturated rings. The number of Topliss-reactive ketones (excluding diaryl/α,β-unsaturated/α-hetero) is 1. The van der Waals surface area contributed by atoms with Gasteiger partial charge in [-0.1, -0.05) is 31.2 Å². The second-order valence-electron chi connectivity index (χ2n) is 7.91. The molecule has 2 aliphatic rings. The first kappa shape index (κ1) is 21.1. The smallest absolute Gasteiger partial charge is 0.295 e. The molecule has 0 aliphatic carbocycles. The molecular weight excluding hydrogens is 394 g/mol. The molecule has 6 heteroatoms.